The number of amides is 2. The fourth-order valence-electron chi connectivity index (χ4n) is 1.98. The van der Waals surface area contributed by atoms with Gasteiger partial charge in [-0.05, 0) is 18.6 Å². The summed E-state index contributed by atoms with van der Waals surface area (Å²) >= 11 is 0. The number of carbonyl (C=O) groups is 2. The Kier molecular flexibility index (Phi) is 4.01. The molecule has 1 saturated heterocycles. The Morgan fingerprint density at radius 3 is 2.57 bits per heavy atom. The number of halogens is 3. The van der Waals surface area contributed by atoms with E-state index in [9.17, 15) is 22.8 Å². The second kappa shape index (κ2) is 5.58. The van der Waals surface area contributed by atoms with Crippen molar-refractivity contribution >= 4 is 17.7 Å². The molecule has 1 atom stereocenters. The molecule has 1 unspecified atom stereocenters. The molecule has 1 aromatic rings. The van der Waals surface area contributed by atoms with E-state index in [-0.39, 0.29) is 18.8 Å². The van der Waals surface area contributed by atoms with E-state index >= 15 is 0 Å². The summed E-state index contributed by atoms with van der Waals surface area (Å²) in [5.74, 6) is -1.58. The minimum absolute atomic E-state index is 0.0786. The lowest BCUT2D eigenvalue weighted by Crippen LogP contribution is -2.33. The molecule has 0 radical (unpaired) electrons. The van der Waals surface area contributed by atoms with Crippen LogP contribution in [-0.4, -0.2) is 40.1 Å². The van der Waals surface area contributed by atoms with Crippen molar-refractivity contribution in [3.8, 4) is 0 Å². The van der Waals surface area contributed by atoms with Crippen molar-refractivity contribution in [1.82, 2.24) is 9.88 Å². The van der Waals surface area contributed by atoms with Crippen LogP contribution in [-0.2, 0) is 11.0 Å². The number of aliphatic carboxylic acids is 1. The average Bonchev–Trinajstić information content (AvgIpc) is 2.88. The van der Waals surface area contributed by atoms with E-state index in [0.29, 0.717) is 6.42 Å². The third kappa shape index (κ3) is 3.61. The molecule has 21 heavy (non-hydrogen) atoms. The number of hydrogen-bond acceptors (Lipinski definition) is 3. The summed E-state index contributed by atoms with van der Waals surface area (Å²) in [6.07, 6.45) is -3.27. The fraction of sp³-hybridized carbons (Fsp3) is 0.417. The summed E-state index contributed by atoms with van der Waals surface area (Å²) in [5, 5.41) is 11.2. The van der Waals surface area contributed by atoms with Gasteiger partial charge in [-0.2, -0.15) is 13.2 Å². The Hall–Kier alpha value is -2.32. The number of aromatic nitrogens is 1. The first-order chi connectivity index (χ1) is 9.77. The third-order valence-electron chi connectivity index (χ3n) is 3.13. The number of carboxylic acids is 1. The minimum atomic E-state index is -4.54. The molecule has 1 aliphatic rings. The zero-order valence-corrected chi connectivity index (χ0v) is 10.7. The molecule has 0 aliphatic carbocycles. The molecule has 1 fully saturated rings. The quantitative estimate of drug-likeness (QED) is 0.876. The van der Waals surface area contributed by atoms with Gasteiger partial charge >= 0.3 is 18.2 Å². The van der Waals surface area contributed by atoms with Gasteiger partial charge in [0.15, 0.2) is 0 Å². The zero-order valence-electron chi connectivity index (χ0n) is 10.7. The number of nitrogens with one attached hydrogen (secondary N) is 1. The van der Waals surface area contributed by atoms with E-state index in [2.05, 4.69) is 10.3 Å². The maximum Gasteiger partial charge on any atom is 0.433 e. The second-order valence-electron chi connectivity index (χ2n) is 4.63. The number of hydrogen-bond donors (Lipinski definition) is 2. The van der Waals surface area contributed by atoms with Crippen molar-refractivity contribution in [2.75, 3.05) is 18.4 Å². The maximum absolute atomic E-state index is 12.3. The van der Waals surface area contributed by atoms with Gasteiger partial charge in [0.05, 0.1) is 17.8 Å². The van der Waals surface area contributed by atoms with Crippen LogP contribution in [0.25, 0.3) is 0 Å². The van der Waals surface area contributed by atoms with Gasteiger partial charge in [-0.1, -0.05) is 0 Å². The summed E-state index contributed by atoms with van der Waals surface area (Å²) in [6.45, 7) is 0.367. The number of alkyl halides is 3. The highest BCUT2D eigenvalue weighted by molar-refractivity contribution is 5.89. The number of likely N-dealkylation sites (tertiary alicyclic amines) is 1. The van der Waals surface area contributed by atoms with Crippen LogP contribution < -0.4 is 5.32 Å². The number of carbonyl (C=O) groups excluding carboxylic acids is 1. The zero-order chi connectivity index (χ0) is 15.6. The molecule has 114 valence electrons. The van der Waals surface area contributed by atoms with Crippen LogP contribution >= 0.6 is 0 Å². The number of anilines is 1. The van der Waals surface area contributed by atoms with E-state index in [1.54, 1.807) is 0 Å². The highest BCUT2D eigenvalue weighted by Crippen LogP contribution is 2.28. The maximum atomic E-state index is 12.3. The van der Waals surface area contributed by atoms with Gasteiger partial charge in [0, 0.05) is 13.1 Å². The van der Waals surface area contributed by atoms with Crippen LogP contribution in [0, 0.1) is 5.92 Å². The summed E-state index contributed by atoms with van der Waals surface area (Å²) < 4.78 is 37.0. The van der Waals surface area contributed by atoms with Gasteiger partial charge in [-0.25, -0.2) is 9.78 Å². The number of urea groups is 1. The number of pyridine rings is 1. The Bertz CT molecular complexity index is 545. The van der Waals surface area contributed by atoms with Crippen molar-refractivity contribution in [1.29, 1.82) is 0 Å². The first kappa shape index (κ1) is 15.1. The first-order valence-corrected chi connectivity index (χ1v) is 6.09. The third-order valence-corrected chi connectivity index (χ3v) is 3.13. The fourth-order valence-corrected chi connectivity index (χ4v) is 1.98. The molecule has 2 heterocycles. The van der Waals surface area contributed by atoms with Crippen molar-refractivity contribution in [3.05, 3.63) is 24.0 Å². The molecule has 2 amide bonds. The molecule has 1 aromatic heterocycles. The standard InChI is InChI=1S/C12H12F3N3O3/c13-12(14,15)9-2-1-8(5-16-9)17-11(21)18-4-3-7(6-18)10(19)20/h1-2,5,7H,3-4,6H2,(H,17,21)(H,19,20). The van der Waals surface area contributed by atoms with Crippen LogP contribution in [0.5, 0.6) is 0 Å². The molecule has 1 aliphatic heterocycles. The van der Waals surface area contributed by atoms with E-state index in [1.165, 1.54) is 4.90 Å². The molecule has 0 saturated carbocycles. The van der Waals surface area contributed by atoms with Gasteiger partial charge in [-0.3, -0.25) is 4.79 Å². The van der Waals surface area contributed by atoms with Crippen LogP contribution in [0.2, 0.25) is 0 Å². The summed E-state index contributed by atoms with van der Waals surface area (Å²) in [5.41, 5.74) is -0.931. The molecule has 9 heteroatoms. The largest absolute Gasteiger partial charge is 0.481 e. The molecule has 2 rings (SSSR count). The van der Waals surface area contributed by atoms with Crippen LogP contribution in [0.3, 0.4) is 0 Å². The second-order valence-corrected chi connectivity index (χ2v) is 4.63. The lowest BCUT2D eigenvalue weighted by molar-refractivity contribution is -0.142. The molecular weight excluding hydrogens is 291 g/mol. The predicted octanol–water partition coefficient (Wildman–Crippen LogP) is 2.04. The van der Waals surface area contributed by atoms with Crippen molar-refractivity contribution in [2.24, 2.45) is 5.92 Å². The Morgan fingerprint density at radius 2 is 2.10 bits per heavy atom. The van der Waals surface area contributed by atoms with Crippen LogP contribution in [0.4, 0.5) is 23.7 Å². The molecule has 0 spiro atoms. The van der Waals surface area contributed by atoms with Gasteiger partial charge in [0.2, 0.25) is 0 Å². The van der Waals surface area contributed by atoms with Gasteiger partial charge in [0.25, 0.3) is 0 Å². The highest BCUT2D eigenvalue weighted by Gasteiger charge is 2.33. The molecule has 0 aromatic carbocycles. The molecule has 2 N–H and O–H groups in total. The normalized spacial score (nSPS) is 18.6. The van der Waals surface area contributed by atoms with Crippen molar-refractivity contribution in [2.45, 2.75) is 12.6 Å². The summed E-state index contributed by atoms with van der Waals surface area (Å²) in [4.78, 5) is 27.1. The Morgan fingerprint density at radius 1 is 1.38 bits per heavy atom. The Labute approximate surface area is 117 Å². The number of rotatable bonds is 2. The number of nitrogens with zero attached hydrogens (tertiary/aromatic N) is 2. The number of carboxylic acid groups (broad SMARTS) is 1. The van der Waals surface area contributed by atoms with Crippen molar-refractivity contribution < 1.29 is 27.9 Å². The SMILES string of the molecule is O=C(O)C1CCN(C(=O)Nc2ccc(C(F)(F)F)nc2)C1. The highest BCUT2D eigenvalue weighted by atomic mass is 19.4. The molecular formula is C12H12F3N3O3. The van der Waals surface area contributed by atoms with Gasteiger partial charge < -0.3 is 15.3 Å². The summed E-state index contributed by atoms with van der Waals surface area (Å²) in [7, 11) is 0. The monoisotopic (exact) mass is 303 g/mol. The van der Waals surface area contributed by atoms with Gasteiger partial charge in [-0.15, -0.1) is 0 Å². The van der Waals surface area contributed by atoms with E-state index in [1.807, 2.05) is 0 Å². The van der Waals surface area contributed by atoms with Crippen molar-refractivity contribution in [3.63, 3.8) is 0 Å². The van der Waals surface area contributed by atoms with E-state index in [0.717, 1.165) is 18.3 Å². The first-order valence-electron chi connectivity index (χ1n) is 6.09. The van der Waals surface area contributed by atoms with Gasteiger partial charge in [0.1, 0.15) is 5.69 Å². The van der Waals surface area contributed by atoms with Crippen LogP contribution in [0.15, 0.2) is 18.3 Å². The average molecular weight is 303 g/mol. The van der Waals surface area contributed by atoms with E-state index < -0.39 is 29.8 Å². The smallest absolute Gasteiger partial charge is 0.433 e. The van der Waals surface area contributed by atoms with E-state index in [4.69, 9.17) is 5.11 Å². The van der Waals surface area contributed by atoms with Crippen LogP contribution in [0.1, 0.15) is 12.1 Å². The lowest BCUT2D eigenvalue weighted by Gasteiger charge is -2.16. The minimum Gasteiger partial charge on any atom is -0.481 e. The lowest BCUT2D eigenvalue weighted by atomic mass is 10.1. The predicted molar refractivity (Wildman–Crippen MR) is 65.6 cm³/mol. The molecule has 6 nitrogen and oxygen atoms in total. The molecule has 0 bridgehead atoms. The Balaban J connectivity index is 1.96. The summed E-state index contributed by atoms with van der Waals surface area (Å²) in [6, 6.07) is 1.30. The topological polar surface area (TPSA) is 82.5 Å².